The van der Waals surface area contributed by atoms with Gasteiger partial charge in [-0.25, -0.2) is 14.5 Å². The van der Waals surface area contributed by atoms with Crippen LogP contribution in [0.1, 0.15) is 22.6 Å². The maximum atomic E-state index is 12.5. The van der Waals surface area contributed by atoms with Crippen molar-refractivity contribution in [3.8, 4) is 0 Å². The molecule has 3 aromatic heterocycles. The molecule has 1 aliphatic rings. The van der Waals surface area contributed by atoms with Crippen LogP contribution >= 0.6 is 11.6 Å². The van der Waals surface area contributed by atoms with Crippen LogP contribution < -0.4 is 15.5 Å². The van der Waals surface area contributed by atoms with Crippen molar-refractivity contribution in [1.82, 2.24) is 24.9 Å². The molecule has 0 radical (unpaired) electrons. The molecule has 0 aromatic carbocycles. The van der Waals surface area contributed by atoms with Crippen LogP contribution in [0, 0.1) is 6.92 Å². The fourth-order valence-corrected chi connectivity index (χ4v) is 3.51. The summed E-state index contributed by atoms with van der Waals surface area (Å²) in [6.07, 6.45) is 4.21. The first kappa shape index (κ1) is 17.7. The van der Waals surface area contributed by atoms with Crippen LogP contribution in [0.25, 0.3) is 5.52 Å². The largest absolute Gasteiger partial charge is 0.354 e. The Morgan fingerprint density at radius 3 is 2.81 bits per heavy atom. The molecule has 4 heterocycles. The zero-order chi connectivity index (χ0) is 19.0. The van der Waals surface area contributed by atoms with Gasteiger partial charge in [0, 0.05) is 24.8 Å². The van der Waals surface area contributed by atoms with Crippen molar-refractivity contribution in [2.45, 2.75) is 19.4 Å². The summed E-state index contributed by atoms with van der Waals surface area (Å²) in [6, 6.07) is 5.82. The molecule has 0 bridgehead atoms. The van der Waals surface area contributed by atoms with Crippen LogP contribution in [0.2, 0.25) is 5.15 Å². The van der Waals surface area contributed by atoms with Gasteiger partial charge in [-0.3, -0.25) is 4.79 Å². The molecule has 9 heteroatoms. The number of halogens is 1. The number of carbonyl (C=O) groups is 1. The summed E-state index contributed by atoms with van der Waals surface area (Å²) in [5, 5.41) is 10.8. The van der Waals surface area contributed by atoms with Crippen molar-refractivity contribution in [3.05, 3.63) is 47.1 Å². The zero-order valence-electron chi connectivity index (χ0n) is 15.1. The standard InChI is InChI=1S/C18H20ClN7O/c1-11-5-14-6-13(7-16(19)26(14)24-11)23-18(27)15-8-22-17(9-21-15)25-4-3-12(10-25)20-2/h5-9,12,20H,3-4,10H2,1-2H3,(H,23,27)/t12-/m1/s1. The second kappa shape index (κ2) is 7.13. The zero-order valence-corrected chi connectivity index (χ0v) is 15.9. The number of carbonyl (C=O) groups excluding carboxylic acids is 1. The first-order chi connectivity index (χ1) is 13.0. The van der Waals surface area contributed by atoms with Crippen LogP contribution in [0.5, 0.6) is 0 Å². The third-order valence-corrected chi connectivity index (χ3v) is 4.96. The van der Waals surface area contributed by atoms with Crippen molar-refractivity contribution in [3.63, 3.8) is 0 Å². The normalized spacial score (nSPS) is 16.9. The number of nitrogens with one attached hydrogen (secondary N) is 2. The number of pyridine rings is 1. The van der Waals surface area contributed by atoms with E-state index in [0.29, 0.717) is 16.9 Å². The second-order valence-corrected chi connectivity index (χ2v) is 7.01. The molecule has 140 valence electrons. The Balaban J connectivity index is 1.48. The Kier molecular flexibility index (Phi) is 4.67. The van der Waals surface area contributed by atoms with E-state index in [0.717, 1.165) is 36.5 Å². The summed E-state index contributed by atoms with van der Waals surface area (Å²) in [4.78, 5) is 23.3. The number of likely N-dealkylation sites (N-methyl/N-ethyl adjacent to an activating group) is 1. The predicted octanol–water partition coefficient (Wildman–Crippen LogP) is 2.14. The number of nitrogens with zero attached hydrogens (tertiary/aromatic N) is 5. The Hall–Kier alpha value is -2.71. The van der Waals surface area contributed by atoms with Gasteiger partial charge in [-0.05, 0) is 38.6 Å². The molecular formula is C18H20ClN7O. The molecule has 2 N–H and O–H groups in total. The molecule has 1 fully saturated rings. The van der Waals surface area contributed by atoms with E-state index in [2.05, 4.69) is 30.6 Å². The molecule has 0 aliphatic carbocycles. The van der Waals surface area contributed by atoms with Gasteiger partial charge in [0.1, 0.15) is 16.7 Å². The van der Waals surface area contributed by atoms with Crippen molar-refractivity contribution >= 4 is 34.5 Å². The first-order valence-electron chi connectivity index (χ1n) is 8.75. The van der Waals surface area contributed by atoms with Gasteiger partial charge in [-0.15, -0.1) is 0 Å². The third-order valence-electron chi connectivity index (χ3n) is 4.69. The number of aryl methyl sites for hydroxylation is 1. The average molecular weight is 386 g/mol. The molecule has 0 saturated carbocycles. The molecule has 4 rings (SSSR count). The lowest BCUT2D eigenvalue weighted by molar-refractivity contribution is 0.102. The van der Waals surface area contributed by atoms with Gasteiger partial charge >= 0.3 is 0 Å². The van der Waals surface area contributed by atoms with Gasteiger partial charge in [-0.1, -0.05) is 11.6 Å². The Labute approximate surface area is 161 Å². The Bertz CT molecular complexity index is 985. The van der Waals surface area contributed by atoms with Crippen molar-refractivity contribution in [1.29, 1.82) is 0 Å². The van der Waals surface area contributed by atoms with E-state index < -0.39 is 0 Å². The highest BCUT2D eigenvalue weighted by molar-refractivity contribution is 6.30. The highest BCUT2D eigenvalue weighted by atomic mass is 35.5. The van der Waals surface area contributed by atoms with Crippen LogP contribution in [0.3, 0.4) is 0 Å². The van der Waals surface area contributed by atoms with Gasteiger partial charge < -0.3 is 15.5 Å². The Morgan fingerprint density at radius 1 is 1.26 bits per heavy atom. The second-order valence-electron chi connectivity index (χ2n) is 6.62. The molecule has 0 unspecified atom stereocenters. The van der Waals surface area contributed by atoms with Gasteiger partial charge in [-0.2, -0.15) is 5.10 Å². The van der Waals surface area contributed by atoms with Crippen LogP contribution in [0.15, 0.2) is 30.6 Å². The van der Waals surface area contributed by atoms with Crippen LogP contribution in [-0.2, 0) is 0 Å². The minimum Gasteiger partial charge on any atom is -0.354 e. The molecular weight excluding hydrogens is 366 g/mol. The minimum absolute atomic E-state index is 0.254. The molecule has 27 heavy (non-hydrogen) atoms. The summed E-state index contributed by atoms with van der Waals surface area (Å²) >= 11 is 6.23. The predicted molar refractivity (Wildman–Crippen MR) is 105 cm³/mol. The lowest BCUT2D eigenvalue weighted by Crippen LogP contribution is -2.30. The molecule has 1 atom stereocenters. The van der Waals surface area contributed by atoms with Gasteiger partial charge in [0.25, 0.3) is 5.91 Å². The van der Waals surface area contributed by atoms with E-state index in [-0.39, 0.29) is 11.6 Å². The summed E-state index contributed by atoms with van der Waals surface area (Å²) in [5.74, 6) is 0.448. The highest BCUT2D eigenvalue weighted by Gasteiger charge is 2.22. The van der Waals surface area contributed by atoms with E-state index in [1.807, 2.05) is 26.1 Å². The fraction of sp³-hybridized carbons (Fsp3) is 0.333. The van der Waals surface area contributed by atoms with E-state index in [1.165, 1.54) is 6.20 Å². The third kappa shape index (κ3) is 3.58. The monoisotopic (exact) mass is 385 g/mol. The number of amides is 1. The molecule has 1 aliphatic heterocycles. The quantitative estimate of drug-likeness (QED) is 0.669. The fourth-order valence-electron chi connectivity index (χ4n) is 3.26. The van der Waals surface area contributed by atoms with Gasteiger partial charge in [0.05, 0.1) is 23.6 Å². The molecule has 1 saturated heterocycles. The number of anilines is 2. The molecule has 8 nitrogen and oxygen atoms in total. The van der Waals surface area contributed by atoms with Crippen LogP contribution in [0.4, 0.5) is 11.5 Å². The summed E-state index contributed by atoms with van der Waals surface area (Å²) in [7, 11) is 1.96. The summed E-state index contributed by atoms with van der Waals surface area (Å²) in [6.45, 7) is 3.70. The van der Waals surface area contributed by atoms with E-state index in [4.69, 9.17) is 11.6 Å². The van der Waals surface area contributed by atoms with E-state index in [9.17, 15) is 4.79 Å². The van der Waals surface area contributed by atoms with Crippen molar-refractivity contribution in [2.24, 2.45) is 0 Å². The van der Waals surface area contributed by atoms with Gasteiger partial charge in [0.2, 0.25) is 0 Å². The minimum atomic E-state index is -0.333. The number of hydrogen-bond acceptors (Lipinski definition) is 6. The summed E-state index contributed by atoms with van der Waals surface area (Å²) in [5.41, 5.74) is 2.50. The molecule has 1 amide bonds. The summed E-state index contributed by atoms with van der Waals surface area (Å²) < 4.78 is 1.62. The van der Waals surface area contributed by atoms with E-state index in [1.54, 1.807) is 16.8 Å². The lowest BCUT2D eigenvalue weighted by atomic mass is 10.3. The highest BCUT2D eigenvalue weighted by Crippen LogP contribution is 2.21. The maximum Gasteiger partial charge on any atom is 0.275 e. The van der Waals surface area contributed by atoms with Crippen molar-refractivity contribution in [2.75, 3.05) is 30.4 Å². The van der Waals surface area contributed by atoms with Gasteiger partial charge in [0.15, 0.2) is 0 Å². The SMILES string of the molecule is CN[C@@H]1CCN(c2cnc(C(=O)Nc3cc(Cl)n4nc(C)cc4c3)cn2)C1. The topological polar surface area (TPSA) is 87.5 Å². The van der Waals surface area contributed by atoms with Crippen LogP contribution in [-0.4, -0.2) is 51.7 Å². The number of aromatic nitrogens is 4. The van der Waals surface area contributed by atoms with E-state index >= 15 is 0 Å². The number of fused-ring (bicyclic) bond motifs is 1. The van der Waals surface area contributed by atoms with Crippen molar-refractivity contribution < 1.29 is 4.79 Å². The Morgan fingerprint density at radius 2 is 2.11 bits per heavy atom. The lowest BCUT2D eigenvalue weighted by Gasteiger charge is -2.17. The molecule has 0 spiro atoms. The smallest absolute Gasteiger partial charge is 0.275 e. The first-order valence-corrected chi connectivity index (χ1v) is 9.13. The average Bonchev–Trinajstić information content (AvgIpc) is 3.28. The maximum absolute atomic E-state index is 12.5. The number of hydrogen-bond donors (Lipinski definition) is 2. The molecule has 3 aromatic rings. The number of rotatable bonds is 4.